The summed E-state index contributed by atoms with van der Waals surface area (Å²) in [4.78, 5) is 0. The van der Waals surface area contributed by atoms with Crippen LogP contribution in [0.15, 0.2) is 78.9 Å². The average Bonchev–Trinajstić information content (AvgIpc) is 2.66. The van der Waals surface area contributed by atoms with Gasteiger partial charge in [-0.3, -0.25) is 0 Å². The van der Waals surface area contributed by atoms with E-state index in [0.29, 0.717) is 17.9 Å². The van der Waals surface area contributed by atoms with Gasteiger partial charge in [-0.25, -0.2) is 0 Å². The molecule has 148 valence electrons. The average molecular weight is 410 g/mol. The van der Waals surface area contributed by atoms with Gasteiger partial charge in [-0.05, 0) is 41.0 Å². The molecule has 3 rings (SSSR count). The highest BCUT2D eigenvalue weighted by molar-refractivity contribution is 5.85. The molecule has 0 aliphatic rings. The topological polar surface area (TPSA) is 44.5 Å². The highest BCUT2D eigenvalue weighted by Crippen LogP contribution is 2.27. The fourth-order valence-electron chi connectivity index (χ4n) is 2.58. The zero-order chi connectivity index (χ0) is 19.3. The first kappa shape index (κ1) is 21.6. The van der Waals surface area contributed by atoms with Crippen molar-refractivity contribution in [3.63, 3.8) is 0 Å². The maximum atomic E-state index is 12.2. The molecule has 2 N–H and O–H groups in total. The number of nitrogens with two attached hydrogens (primary N) is 1. The van der Waals surface area contributed by atoms with Crippen LogP contribution in [0.1, 0.15) is 22.7 Å². The summed E-state index contributed by atoms with van der Waals surface area (Å²) in [5, 5.41) is 0. The summed E-state index contributed by atoms with van der Waals surface area (Å²) in [6.45, 7) is 0.465. The summed E-state index contributed by atoms with van der Waals surface area (Å²) >= 11 is 0. The van der Waals surface area contributed by atoms with Crippen LogP contribution in [0.5, 0.6) is 11.5 Å². The maximum absolute atomic E-state index is 12.2. The second kappa shape index (κ2) is 9.48. The molecule has 0 bridgehead atoms. The van der Waals surface area contributed by atoms with E-state index < -0.39 is 12.4 Å². The molecule has 0 saturated carbocycles. The highest BCUT2D eigenvalue weighted by Gasteiger charge is 2.31. The molecule has 0 aliphatic carbocycles. The number of hydrogen-bond donors (Lipinski definition) is 1. The largest absolute Gasteiger partial charge is 0.573 e. The molecule has 0 aliphatic heterocycles. The standard InChI is InChI=1S/C21H18F3NO2.ClH/c22-21(23,24)27-19-12-8-17(9-13-19)20(25)16-6-10-18(11-7-16)26-14-15-4-2-1-3-5-15;/h1-13,20H,14,25H2;1H/t20-;/m1./s1. The fourth-order valence-corrected chi connectivity index (χ4v) is 2.58. The van der Waals surface area contributed by atoms with E-state index in [0.717, 1.165) is 11.1 Å². The summed E-state index contributed by atoms with van der Waals surface area (Å²) in [5.74, 6) is 0.437. The minimum Gasteiger partial charge on any atom is -0.489 e. The summed E-state index contributed by atoms with van der Waals surface area (Å²) < 4.78 is 46.2. The molecular weight excluding hydrogens is 391 g/mol. The Morgan fingerprint density at radius 3 is 1.75 bits per heavy atom. The van der Waals surface area contributed by atoms with Crippen LogP contribution in [0.3, 0.4) is 0 Å². The molecule has 0 amide bonds. The van der Waals surface area contributed by atoms with E-state index in [1.165, 1.54) is 24.3 Å². The summed E-state index contributed by atoms with van der Waals surface area (Å²) in [6, 6.07) is 22.2. The van der Waals surface area contributed by atoms with Gasteiger partial charge in [-0.1, -0.05) is 54.6 Å². The normalized spacial score (nSPS) is 12.0. The number of halogens is 4. The SMILES string of the molecule is Cl.N[C@H](c1ccc(OCc2ccccc2)cc1)c1ccc(OC(F)(F)F)cc1. The molecule has 28 heavy (non-hydrogen) atoms. The van der Waals surface area contributed by atoms with E-state index >= 15 is 0 Å². The van der Waals surface area contributed by atoms with Crippen molar-refractivity contribution in [2.45, 2.75) is 19.0 Å². The molecule has 0 unspecified atom stereocenters. The number of benzene rings is 3. The Kier molecular flexibility index (Phi) is 7.31. The third kappa shape index (κ3) is 6.18. The third-order valence-corrected chi connectivity index (χ3v) is 3.96. The first-order chi connectivity index (χ1) is 12.9. The molecule has 0 radical (unpaired) electrons. The first-order valence-corrected chi connectivity index (χ1v) is 8.29. The second-order valence-corrected chi connectivity index (χ2v) is 5.94. The van der Waals surface area contributed by atoms with Crippen molar-refractivity contribution in [2.24, 2.45) is 5.73 Å². The Bertz CT molecular complexity index is 854. The van der Waals surface area contributed by atoms with Crippen LogP contribution in [0, 0.1) is 0 Å². The number of rotatable bonds is 6. The first-order valence-electron chi connectivity index (χ1n) is 8.29. The Hall–Kier alpha value is -2.70. The minimum absolute atomic E-state index is 0. The van der Waals surface area contributed by atoms with Crippen molar-refractivity contribution < 1.29 is 22.6 Å². The molecule has 3 aromatic rings. The van der Waals surface area contributed by atoms with Crippen molar-refractivity contribution in [3.05, 3.63) is 95.6 Å². The van der Waals surface area contributed by atoms with E-state index in [4.69, 9.17) is 10.5 Å². The van der Waals surface area contributed by atoms with Crippen molar-refractivity contribution in [3.8, 4) is 11.5 Å². The zero-order valence-electron chi connectivity index (χ0n) is 14.7. The van der Waals surface area contributed by atoms with Gasteiger partial charge in [0, 0.05) is 0 Å². The number of ether oxygens (including phenoxy) is 2. The number of hydrogen-bond acceptors (Lipinski definition) is 3. The lowest BCUT2D eigenvalue weighted by Crippen LogP contribution is -2.17. The zero-order valence-corrected chi connectivity index (χ0v) is 15.5. The van der Waals surface area contributed by atoms with Crippen LogP contribution in [-0.2, 0) is 6.61 Å². The van der Waals surface area contributed by atoms with E-state index in [9.17, 15) is 13.2 Å². The second-order valence-electron chi connectivity index (χ2n) is 5.94. The molecule has 7 heteroatoms. The van der Waals surface area contributed by atoms with Crippen molar-refractivity contribution in [1.82, 2.24) is 0 Å². The van der Waals surface area contributed by atoms with Crippen LogP contribution in [0.2, 0.25) is 0 Å². The smallest absolute Gasteiger partial charge is 0.489 e. The Morgan fingerprint density at radius 2 is 1.25 bits per heavy atom. The van der Waals surface area contributed by atoms with E-state index in [1.807, 2.05) is 54.6 Å². The predicted molar refractivity (Wildman–Crippen MR) is 104 cm³/mol. The van der Waals surface area contributed by atoms with Crippen molar-refractivity contribution >= 4 is 12.4 Å². The summed E-state index contributed by atoms with van der Waals surface area (Å²) in [5.41, 5.74) is 8.78. The molecule has 0 heterocycles. The lowest BCUT2D eigenvalue weighted by molar-refractivity contribution is -0.274. The van der Waals surface area contributed by atoms with Gasteiger partial charge < -0.3 is 15.2 Å². The van der Waals surface area contributed by atoms with Gasteiger partial charge in [0.25, 0.3) is 0 Å². The molecule has 3 nitrogen and oxygen atoms in total. The molecule has 0 saturated heterocycles. The van der Waals surface area contributed by atoms with Crippen LogP contribution in [0.25, 0.3) is 0 Å². The van der Waals surface area contributed by atoms with Crippen LogP contribution < -0.4 is 15.2 Å². The monoisotopic (exact) mass is 409 g/mol. The molecule has 0 fully saturated rings. The maximum Gasteiger partial charge on any atom is 0.573 e. The number of alkyl halides is 3. The Morgan fingerprint density at radius 1 is 0.750 bits per heavy atom. The lowest BCUT2D eigenvalue weighted by Gasteiger charge is -2.15. The Labute approximate surface area is 167 Å². The van der Waals surface area contributed by atoms with Crippen LogP contribution in [0.4, 0.5) is 13.2 Å². The quantitative estimate of drug-likeness (QED) is 0.573. The van der Waals surface area contributed by atoms with E-state index in [1.54, 1.807) is 0 Å². The minimum atomic E-state index is -4.71. The van der Waals surface area contributed by atoms with E-state index in [2.05, 4.69) is 4.74 Å². The van der Waals surface area contributed by atoms with Gasteiger partial charge >= 0.3 is 6.36 Å². The van der Waals surface area contributed by atoms with Crippen LogP contribution in [-0.4, -0.2) is 6.36 Å². The van der Waals surface area contributed by atoms with Gasteiger partial charge in [-0.2, -0.15) is 0 Å². The van der Waals surface area contributed by atoms with Gasteiger partial charge in [-0.15, -0.1) is 25.6 Å². The Balaban J connectivity index is 0.00000280. The molecule has 0 aromatic heterocycles. The summed E-state index contributed by atoms with van der Waals surface area (Å²) in [6.07, 6.45) is -4.71. The fraction of sp³-hybridized carbons (Fsp3) is 0.143. The van der Waals surface area contributed by atoms with Gasteiger partial charge in [0.1, 0.15) is 18.1 Å². The van der Waals surface area contributed by atoms with Gasteiger partial charge in [0.2, 0.25) is 0 Å². The molecule has 0 spiro atoms. The summed E-state index contributed by atoms with van der Waals surface area (Å²) in [7, 11) is 0. The van der Waals surface area contributed by atoms with Gasteiger partial charge in [0.15, 0.2) is 0 Å². The van der Waals surface area contributed by atoms with Crippen molar-refractivity contribution in [1.29, 1.82) is 0 Å². The van der Waals surface area contributed by atoms with Crippen molar-refractivity contribution in [2.75, 3.05) is 0 Å². The molecular formula is C21H19ClF3NO2. The highest BCUT2D eigenvalue weighted by atomic mass is 35.5. The predicted octanol–water partition coefficient (Wildman–Crippen LogP) is 5.63. The van der Waals surface area contributed by atoms with Gasteiger partial charge in [0.05, 0.1) is 6.04 Å². The molecule has 3 aromatic carbocycles. The third-order valence-electron chi connectivity index (χ3n) is 3.96. The van der Waals surface area contributed by atoms with E-state index in [-0.39, 0.29) is 18.2 Å². The molecule has 1 atom stereocenters. The van der Waals surface area contributed by atoms with Crippen LogP contribution >= 0.6 is 12.4 Å². The lowest BCUT2D eigenvalue weighted by atomic mass is 9.99.